The summed E-state index contributed by atoms with van der Waals surface area (Å²) in [6.07, 6.45) is 4.45. The molecule has 2 nitrogen and oxygen atoms in total. The van der Waals surface area contributed by atoms with Crippen LogP contribution in [0.15, 0.2) is 24.3 Å². The smallest absolute Gasteiger partial charge is 0.310 e. The summed E-state index contributed by atoms with van der Waals surface area (Å²) in [6, 6.07) is 8.61. The molecule has 2 atom stereocenters. The van der Waals surface area contributed by atoms with Crippen molar-refractivity contribution in [1.29, 1.82) is 0 Å². The van der Waals surface area contributed by atoms with E-state index in [9.17, 15) is 4.79 Å². The monoisotopic (exact) mass is 258 g/mol. The van der Waals surface area contributed by atoms with Gasteiger partial charge in [-0.2, -0.15) is 0 Å². The molecule has 2 heteroatoms. The van der Waals surface area contributed by atoms with E-state index < -0.39 is 0 Å². The Bertz CT molecular complexity index is 512. The molecule has 0 aromatic heterocycles. The quantitative estimate of drug-likeness (QED) is 0.719. The second-order valence-corrected chi connectivity index (χ2v) is 6.96. The first-order valence-corrected chi connectivity index (χ1v) is 7.24. The Hall–Kier alpha value is -1.31. The molecule has 19 heavy (non-hydrogen) atoms. The minimum atomic E-state index is -0.380. The summed E-state index contributed by atoms with van der Waals surface area (Å²) >= 11 is 0. The Kier molecular flexibility index (Phi) is 2.74. The molecule has 0 heterocycles. The molecule has 3 rings (SSSR count). The highest BCUT2D eigenvalue weighted by molar-refractivity contribution is 5.80. The van der Waals surface area contributed by atoms with Gasteiger partial charge in [0.05, 0.1) is 5.92 Å². The lowest BCUT2D eigenvalue weighted by atomic mass is 9.78. The first kappa shape index (κ1) is 12.7. The Morgan fingerprint density at radius 1 is 1.32 bits per heavy atom. The van der Waals surface area contributed by atoms with Crippen LogP contribution in [0, 0.1) is 5.92 Å². The first-order chi connectivity index (χ1) is 8.92. The van der Waals surface area contributed by atoms with Gasteiger partial charge in [0, 0.05) is 5.41 Å². The van der Waals surface area contributed by atoms with Gasteiger partial charge in [0.2, 0.25) is 0 Å². The van der Waals surface area contributed by atoms with Crippen molar-refractivity contribution in [2.24, 2.45) is 5.92 Å². The molecule has 2 aliphatic rings. The van der Waals surface area contributed by atoms with Crippen molar-refractivity contribution in [1.82, 2.24) is 0 Å². The normalized spacial score (nSPS) is 28.9. The van der Waals surface area contributed by atoms with E-state index in [1.165, 1.54) is 17.5 Å². The zero-order valence-electron chi connectivity index (χ0n) is 12.0. The Morgan fingerprint density at radius 2 is 2.05 bits per heavy atom. The fraction of sp³-hybridized carbons (Fsp3) is 0.588. The second kappa shape index (κ2) is 4.09. The van der Waals surface area contributed by atoms with Crippen molar-refractivity contribution in [3.05, 3.63) is 35.4 Å². The summed E-state index contributed by atoms with van der Waals surface area (Å²) in [5.41, 5.74) is 2.54. The SMILES string of the molecule is CC(C)(C)OC(=O)[C@@H]1C[C@@]12CCCc1ccccc12. The topological polar surface area (TPSA) is 26.3 Å². The Balaban J connectivity index is 1.84. The summed E-state index contributed by atoms with van der Waals surface area (Å²) < 4.78 is 5.57. The maximum absolute atomic E-state index is 12.3. The number of rotatable bonds is 1. The van der Waals surface area contributed by atoms with E-state index in [4.69, 9.17) is 4.74 Å². The van der Waals surface area contributed by atoms with Gasteiger partial charge in [-0.25, -0.2) is 0 Å². The number of esters is 1. The average Bonchev–Trinajstić information content (AvgIpc) is 3.03. The standard InChI is InChI=1S/C17H22O2/c1-16(2,3)19-15(18)14-11-17(14)10-6-8-12-7-4-5-9-13(12)17/h4-5,7,9,14H,6,8,10-11H2,1-3H3/t14-,17+/m0/s1. The maximum atomic E-state index is 12.3. The summed E-state index contributed by atoms with van der Waals surface area (Å²) in [7, 11) is 0. The molecule has 0 unspecified atom stereocenters. The highest BCUT2D eigenvalue weighted by atomic mass is 16.6. The first-order valence-electron chi connectivity index (χ1n) is 7.24. The van der Waals surface area contributed by atoms with E-state index in [2.05, 4.69) is 24.3 Å². The zero-order chi connectivity index (χ0) is 13.7. The summed E-state index contributed by atoms with van der Waals surface area (Å²) in [6.45, 7) is 5.82. The third kappa shape index (κ3) is 2.18. The van der Waals surface area contributed by atoms with Crippen molar-refractivity contribution in [3.8, 4) is 0 Å². The second-order valence-electron chi connectivity index (χ2n) is 6.96. The molecule has 1 fully saturated rings. The summed E-state index contributed by atoms with van der Waals surface area (Å²) in [4.78, 5) is 12.3. The number of carbonyl (C=O) groups is 1. The van der Waals surface area contributed by atoms with Crippen molar-refractivity contribution in [2.75, 3.05) is 0 Å². The summed E-state index contributed by atoms with van der Waals surface area (Å²) in [5.74, 6) is 0.0670. The van der Waals surface area contributed by atoms with Crippen LogP contribution in [0.4, 0.5) is 0 Å². The minimum absolute atomic E-state index is 0.01000. The molecule has 0 saturated heterocycles. The number of hydrogen-bond acceptors (Lipinski definition) is 2. The number of aryl methyl sites for hydroxylation is 1. The number of hydrogen-bond donors (Lipinski definition) is 0. The molecule has 1 aromatic carbocycles. The van der Waals surface area contributed by atoms with Crippen LogP contribution in [0.25, 0.3) is 0 Å². The van der Waals surface area contributed by atoms with Crippen LogP contribution in [0.2, 0.25) is 0 Å². The molecular formula is C17H22O2. The lowest BCUT2D eigenvalue weighted by Crippen LogP contribution is -2.28. The molecule has 102 valence electrons. The Labute approximate surface area is 115 Å². The molecule has 0 bridgehead atoms. The van der Waals surface area contributed by atoms with Gasteiger partial charge in [0.25, 0.3) is 0 Å². The lowest BCUT2D eigenvalue weighted by Gasteiger charge is -2.27. The van der Waals surface area contributed by atoms with E-state index >= 15 is 0 Å². The number of ether oxygens (including phenoxy) is 1. The molecule has 1 aromatic rings. The van der Waals surface area contributed by atoms with Gasteiger partial charge in [-0.05, 0) is 57.6 Å². The third-order valence-electron chi connectivity index (χ3n) is 4.39. The van der Waals surface area contributed by atoms with Gasteiger partial charge >= 0.3 is 5.97 Å². The van der Waals surface area contributed by atoms with E-state index in [1.807, 2.05) is 20.8 Å². The predicted octanol–water partition coefficient (Wildman–Crippen LogP) is 3.62. The zero-order valence-corrected chi connectivity index (χ0v) is 12.0. The molecule has 0 aliphatic heterocycles. The van der Waals surface area contributed by atoms with Crippen molar-refractivity contribution >= 4 is 5.97 Å². The molecule has 1 saturated carbocycles. The number of benzene rings is 1. The fourth-order valence-corrected chi connectivity index (χ4v) is 3.51. The van der Waals surface area contributed by atoms with Crippen LogP contribution in [0.5, 0.6) is 0 Å². The van der Waals surface area contributed by atoms with E-state index in [-0.39, 0.29) is 22.9 Å². The van der Waals surface area contributed by atoms with Gasteiger partial charge in [-0.15, -0.1) is 0 Å². The molecule has 1 spiro atoms. The average molecular weight is 258 g/mol. The molecular weight excluding hydrogens is 236 g/mol. The van der Waals surface area contributed by atoms with Crippen LogP contribution in [-0.4, -0.2) is 11.6 Å². The van der Waals surface area contributed by atoms with Crippen LogP contribution in [0.3, 0.4) is 0 Å². The largest absolute Gasteiger partial charge is 0.460 e. The van der Waals surface area contributed by atoms with E-state index in [1.54, 1.807) is 0 Å². The molecule has 2 aliphatic carbocycles. The van der Waals surface area contributed by atoms with Gasteiger partial charge in [0.15, 0.2) is 0 Å². The van der Waals surface area contributed by atoms with Gasteiger partial charge in [-0.1, -0.05) is 24.3 Å². The van der Waals surface area contributed by atoms with Crippen LogP contribution in [0.1, 0.15) is 51.2 Å². The maximum Gasteiger partial charge on any atom is 0.310 e. The molecule has 0 N–H and O–H groups in total. The van der Waals surface area contributed by atoms with Gasteiger partial charge in [0.1, 0.15) is 5.60 Å². The fourth-order valence-electron chi connectivity index (χ4n) is 3.51. The van der Waals surface area contributed by atoms with Crippen molar-refractivity contribution in [2.45, 2.75) is 57.5 Å². The van der Waals surface area contributed by atoms with Crippen LogP contribution >= 0.6 is 0 Å². The van der Waals surface area contributed by atoms with E-state index in [0.29, 0.717) is 0 Å². The van der Waals surface area contributed by atoms with Crippen LogP contribution in [-0.2, 0) is 21.4 Å². The molecule has 0 radical (unpaired) electrons. The third-order valence-corrected chi connectivity index (χ3v) is 4.39. The predicted molar refractivity (Wildman–Crippen MR) is 75.0 cm³/mol. The highest BCUT2D eigenvalue weighted by Crippen LogP contribution is 2.60. The van der Waals surface area contributed by atoms with Crippen molar-refractivity contribution < 1.29 is 9.53 Å². The summed E-state index contributed by atoms with van der Waals surface area (Å²) in [5, 5.41) is 0. The highest BCUT2D eigenvalue weighted by Gasteiger charge is 2.61. The van der Waals surface area contributed by atoms with E-state index in [0.717, 1.165) is 19.3 Å². The van der Waals surface area contributed by atoms with Crippen LogP contribution < -0.4 is 0 Å². The van der Waals surface area contributed by atoms with Gasteiger partial charge < -0.3 is 4.74 Å². The molecule has 0 amide bonds. The lowest BCUT2D eigenvalue weighted by molar-refractivity contribution is -0.157. The minimum Gasteiger partial charge on any atom is -0.460 e. The number of fused-ring (bicyclic) bond motifs is 2. The number of carbonyl (C=O) groups excluding carboxylic acids is 1. The van der Waals surface area contributed by atoms with Gasteiger partial charge in [-0.3, -0.25) is 4.79 Å². The Morgan fingerprint density at radius 3 is 2.79 bits per heavy atom. The van der Waals surface area contributed by atoms with Crippen molar-refractivity contribution in [3.63, 3.8) is 0 Å².